The molecule has 2 N–H and O–H groups in total. The number of amides is 1. The average molecular weight is 572 g/mol. The Morgan fingerprint density at radius 2 is 1.72 bits per heavy atom. The molecule has 2 aromatic carbocycles. The van der Waals surface area contributed by atoms with E-state index in [1.807, 2.05) is 0 Å². The molecule has 1 amide bonds. The van der Waals surface area contributed by atoms with Gasteiger partial charge in [-0.2, -0.15) is 0 Å². The normalized spacial score (nSPS) is 11.7. The first-order valence-electron chi connectivity index (χ1n) is 10.5. The molecule has 0 saturated heterocycles. The zero-order valence-electron chi connectivity index (χ0n) is 19.3. The van der Waals surface area contributed by atoms with Crippen LogP contribution in [0.15, 0.2) is 59.6 Å². The first-order valence-corrected chi connectivity index (χ1v) is 14.6. The molecule has 0 spiro atoms. The van der Waals surface area contributed by atoms with Crippen molar-refractivity contribution < 1.29 is 21.6 Å². The highest BCUT2D eigenvalue weighted by Crippen LogP contribution is 2.31. The quantitative estimate of drug-likeness (QED) is 0.373. The topological polar surface area (TPSA) is 138 Å². The van der Waals surface area contributed by atoms with E-state index in [0.717, 1.165) is 10.6 Å². The maximum Gasteiger partial charge on any atom is 0.264 e. The van der Waals surface area contributed by atoms with Gasteiger partial charge in [-0.3, -0.25) is 9.10 Å². The minimum atomic E-state index is -3.92. The summed E-state index contributed by atoms with van der Waals surface area (Å²) in [7, 11) is -7.59. The molecule has 3 rings (SSSR count). The van der Waals surface area contributed by atoms with Crippen LogP contribution in [-0.4, -0.2) is 45.5 Å². The Labute approximate surface area is 219 Å². The van der Waals surface area contributed by atoms with Gasteiger partial charge in [0.25, 0.3) is 10.0 Å². The monoisotopic (exact) mass is 571 g/mol. The third-order valence-electron chi connectivity index (χ3n) is 4.81. The van der Waals surface area contributed by atoms with Crippen LogP contribution < -0.4 is 14.3 Å². The SMILES string of the molecule is Cc1ccnc(NS(=O)(=O)c2ccc(NC(=O)CCCN(c3cc(Cl)ccc3Cl)S(C)(=O)=O)cc2)n1. The molecule has 10 nitrogen and oxygen atoms in total. The van der Waals surface area contributed by atoms with Crippen molar-refractivity contribution >= 4 is 66.5 Å². The van der Waals surface area contributed by atoms with E-state index in [-0.39, 0.29) is 46.8 Å². The number of nitrogens with one attached hydrogen (secondary N) is 2. The highest BCUT2D eigenvalue weighted by molar-refractivity contribution is 7.92. The van der Waals surface area contributed by atoms with Crippen LogP contribution in [0.4, 0.5) is 17.3 Å². The molecule has 0 unspecified atom stereocenters. The van der Waals surface area contributed by atoms with Gasteiger partial charge in [-0.05, 0) is 61.9 Å². The van der Waals surface area contributed by atoms with Gasteiger partial charge in [0.2, 0.25) is 21.9 Å². The van der Waals surface area contributed by atoms with Gasteiger partial charge < -0.3 is 5.32 Å². The van der Waals surface area contributed by atoms with Crippen LogP contribution in [0.2, 0.25) is 10.0 Å². The van der Waals surface area contributed by atoms with Crippen LogP contribution in [0, 0.1) is 6.92 Å². The summed E-state index contributed by atoms with van der Waals surface area (Å²) in [6, 6.07) is 11.7. The molecular weight excluding hydrogens is 549 g/mol. The van der Waals surface area contributed by atoms with E-state index in [2.05, 4.69) is 20.0 Å². The van der Waals surface area contributed by atoms with Crippen LogP contribution in [0.5, 0.6) is 0 Å². The summed E-state index contributed by atoms with van der Waals surface area (Å²) in [5.74, 6) is -0.419. The van der Waals surface area contributed by atoms with Crippen LogP contribution in [0.1, 0.15) is 18.5 Å². The fourth-order valence-electron chi connectivity index (χ4n) is 3.14. The maximum absolute atomic E-state index is 12.5. The summed E-state index contributed by atoms with van der Waals surface area (Å²) in [6.07, 6.45) is 2.70. The number of carbonyl (C=O) groups is 1. The zero-order chi connectivity index (χ0) is 26.5. The lowest BCUT2D eigenvalue weighted by atomic mass is 10.2. The second-order valence-corrected chi connectivity index (χ2v) is 12.2. The number of benzene rings is 2. The van der Waals surface area contributed by atoms with Crippen LogP contribution >= 0.6 is 23.2 Å². The number of aromatic nitrogens is 2. The molecule has 0 bridgehead atoms. The molecule has 0 aliphatic carbocycles. The molecule has 3 aromatic rings. The summed E-state index contributed by atoms with van der Waals surface area (Å²) in [5.41, 5.74) is 1.22. The van der Waals surface area contributed by atoms with E-state index in [4.69, 9.17) is 23.2 Å². The van der Waals surface area contributed by atoms with Gasteiger partial charge in [0.1, 0.15) is 0 Å². The highest BCUT2D eigenvalue weighted by Gasteiger charge is 2.21. The number of rotatable bonds is 10. The summed E-state index contributed by atoms with van der Waals surface area (Å²) in [6.45, 7) is 1.72. The van der Waals surface area contributed by atoms with Crippen molar-refractivity contribution in [3.8, 4) is 0 Å². The van der Waals surface area contributed by atoms with Crippen molar-refractivity contribution in [3.63, 3.8) is 0 Å². The van der Waals surface area contributed by atoms with Gasteiger partial charge in [-0.15, -0.1) is 0 Å². The smallest absolute Gasteiger partial charge is 0.264 e. The Balaban J connectivity index is 1.59. The number of anilines is 3. The van der Waals surface area contributed by atoms with Crippen LogP contribution in [0.25, 0.3) is 0 Å². The summed E-state index contributed by atoms with van der Waals surface area (Å²) >= 11 is 12.1. The predicted octanol–water partition coefficient (Wildman–Crippen LogP) is 4.08. The predicted molar refractivity (Wildman–Crippen MR) is 141 cm³/mol. The number of hydrogen-bond acceptors (Lipinski definition) is 7. The molecule has 0 aliphatic heterocycles. The molecule has 0 aliphatic rings. The molecule has 1 heterocycles. The summed E-state index contributed by atoms with van der Waals surface area (Å²) in [5, 5.41) is 3.20. The fourth-order valence-corrected chi connectivity index (χ4v) is 5.50. The minimum absolute atomic E-state index is 0.0101. The van der Waals surface area contributed by atoms with E-state index in [1.54, 1.807) is 19.1 Å². The van der Waals surface area contributed by atoms with Crippen molar-refractivity contribution in [2.75, 3.05) is 27.1 Å². The Morgan fingerprint density at radius 3 is 2.36 bits per heavy atom. The first kappa shape index (κ1) is 27.7. The lowest BCUT2D eigenvalue weighted by molar-refractivity contribution is -0.116. The van der Waals surface area contributed by atoms with Gasteiger partial charge in [0.05, 0.1) is 21.9 Å². The second-order valence-electron chi connectivity index (χ2n) is 7.73. The Bertz CT molecular complexity index is 1470. The standard InChI is InChI=1S/C22H23Cl2N5O5S2/c1-15-11-12-25-22(26-15)28-36(33,34)18-8-6-17(7-9-18)27-21(30)4-3-13-29(35(2,31)32)20-14-16(23)5-10-19(20)24/h5-12,14H,3-4,13H2,1-2H3,(H,27,30)(H,25,26,28). The molecule has 0 atom stereocenters. The summed E-state index contributed by atoms with van der Waals surface area (Å²) in [4.78, 5) is 20.2. The van der Waals surface area contributed by atoms with E-state index >= 15 is 0 Å². The Hall–Kier alpha value is -2.93. The van der Waals surface area contributed by atoms with Gasteiger partial charge >= 0.3 is 0 Å². The van der Waals surface area contributed by atoms with E-state index in [9.17, 15) is 21.6 Å². The second kappa shape index (κ2) is 11.4. The molecule has 1 aromatic heterocycles. The van der Waals surface area contributed by atoms with Gasteiger partial charge in [0, 0.05) is 35.6 Å². The molecular formula is C22H23Cl2N5O5S2. The van der Waals surface area contributed by atoms with Crippen LogP contribution in [0.3, 0.4) is 0 Å². The molecule has 192 valence electrons. The number of halogens is 2. The highest BCUT2D eigenvalue weighted by atomic mass is 35.5. The number of aryl methyl sites for hydroxylation is 1. The molecule has 36 heavy (non-hydrogen) atoms. The molecule has 0 fully saturated rings. The minimum Gasteiger partial charge on any atom is -0.326 e. The zero-order valence-corrected chi connectivity index (χ0v) is 22.4. The van der Waals surface area contributed by atoms with E-state index in [1.165, 1.54) is 42.6 Å². The van der Waals surface area contributed by atoms with Crippen LogP contribution in [-0.2, 0) is 24.8 Å². The van der Waals surface area contributed by atoms with Gasteiger partial charge in [-0.25, -0.2) is 31.5 Å². The van der Waals surface area contributed by atoms with Crippen molar-refractivity contribution in [3.05, 3.63) is 70.5 Å². The lowest BCUT2D eigenvalue weighted by Crippen LogP contribution is -2.31. The largest absolute Gasteiger partial charge is 0.326 e. The maximum atomic E-state index is 12.5. The Kier molecular flexibility index (Phi) is 8.77. The fraction of sp³-hybridized carbons (Fsp3) is 0.227. The number of nitrogens with zero attached hydrogens (tertiary/aromatic N) is 3. The third kappa shape index (κ3) is 7.53. The van der Waals surface area contributed by atoms with Gasteiger partial charge in [0.15, 0.2) is 0 Å². The lowest BCUT2D eigenvalue weighted by Gasteiger charge is -2.23. The van der Waals surface area contributed by atoms with E-state index in [0.29, 0.717) is 16.4 Å². The Morgan fingerprint density at radius 1 is 1.03 bits per heavy atom. The molecule has 0 saturated carbocycles. The average Bonchev–Trinajstić information content (AvgIpc) is 2.78. The number of carbonyl (C=O) groups excluding carboxylic acids is 1. The first-order chi connectivity index (χ1) is 16.8. The van der Waals surface area contributed by atoms with Crippen molar-refractivity contribution in [2.45, 2.75) is 24.7 Å². The number of hydrogen-bond donors (Lipinski definition) is 2. The summed E-state index contributed by atoms with van der Waals surface area (Å²) < 4.78 is 53.0. The third-order valence-corrected chi connectivity index (χ3v) is 7.89. The van der Waals surface area contributed by atoms with Crippen molar-refractivity contribution in [2.24, 2.45) is 0 Å². The van der Waals surface area contributed by atoms with Crippen molar-refractivity contribution in [1.82, 2.24) is 9.97 Å². The molecule has 0 radical (unpaired) electrons. The molecule has 14 heteroatoms. The van der Waals surface area contributed by atoms with E-state index < -0.39 is 20.0 Å². The van der Waals surface area contributed by atoms with Gasteiger partial charge in [-0.1, -0.05) is 23.2 Å². The number of sulfonamides is 2. The van der Waals surface area contributed by atoms with Crippen molar-refractivity contribution in [1.29, 1.82) is 0 Å².